The molecule has 14 heteroatoms. The molecule has 1 aromatic heterocycles. The second kappa shape index (κ2) is 10.8. The van der Waals surface area contributed by atoms with Gasteiger partial charge in [-0.05, 0) is 35.6 Å². The summed E-state index contributed by atoms with van der Waals surface area (Å²) in [5.41, 5.74) is -1.24. The van der Waals surface area contributed by atoms with Gasteiger partial charge in [-0.3, -0.25) is 9.59 Å². The number of hydrogen-bond acceptors (Lipinski definition) is 7. The molecule has 2 atom stereocenters. The number of benzene rings is 2. The van der Waals surface area contributed by atoms with Crippen LogP contribution >= 0.6 is 23.1 Å². The molecule has 1 saturated heterocycles. The molecule has 0 spiro atoms. The normalized spacial score (nSPS) is 16.3. The Hall–Kier alpha value is -3.91. The van der Waals surface area contributed by atoms with Crippen molar-refractivity contribution in [3.63, 3.8) is 0 Å². The van der Waals surface area contributed by atoms with Gasteiger partial charge < -0.3 is 15.7 Å². The number of hydrogen-bond donors (Lipinski definition) is 3. The Morgan fingerprint density at radius 3 is 2.47 bits per heavy atom. The van der Waals surface area contributed by atoms with Gasteiger partial charge in [-0.2, -0.15) is 13.2 Å². The highest BCUT2D eigenvalue weighted by Crippen LogP contribution is 2.34. The van der Waals surface area contributed by atoms with Gasteiger partial charge in [-0.25, -0.2) is 19.5 Å². The highest BCUT2D eigenvalue weighted by atomic mass is 32.2. The number of alkyl halides is 3. The van der Waals surface area contributed by atoms with Crippen molar-refractivity contribution in [1.82, 2.24) is 15.2 Å². The molecule has 9 nitrogen and oxygen atoms in total. The van der Waals surface area contributed by atoms with E-state index in [9.17, 15) is 32.3 Å². The van der Waals surface area contributed by atoms with E-state index in [1.807, 2.05) is 6.26 Å². The number of nitrogens with one attached hydrogen (secondary N) is 2. The molecule has 2 heterocycles. The predicted octanol–water partition coefficient (Wildman–Crippen LogP) is 4.42. The average molecular weight is 565 g/mol. The van der Waals surface area contributed by atoms with Crippen molar-refractivity contribution < 1.29 is 37.5 Å². The molecule has 0 aliphatic carbocycles. The van der Waals surface area contributed by atoms with Crippen molar-refractivity contribution in [3.8, 4) is 0 Å². The molecular formula is C24H19F3N4O5S2. The van der Waals surface area contributed by atoms with Crippen molar-refractivity contribution in [2.75, 3.05) is 11.6 Å². The lowest BCUT2D eigenvalue weighted by Crippen LogP contribution is -2.49. The maximum absolute atomic E-state index is 13.7. The van der Waals surface area contributed by atoms with Crippen LogP contribution in [0.4, 0.5) is 23.1 Å². The highest BCUT2D eigenvalue weighted by Gasteiger charge is 2.46. The number of carboxylic acid groups (broad SMARTS) is 1. The minimum atomic E-state index is -4.75. The maximum Gasteiger partial charge on any atom is 0.416 e. The van der Waals surface area contributed by atoms with Crippen LogP contribution in [0.25, 0.3) is 0 Å². The summed E-state index contributed by atoms with van der Waals surface area (Å²) in [6.45, 7) is 0. The Kier molecular flexibility index (Phi) is 7.73. The SMILES string of the molecule is CSc1ccc(C2NC(=O)N([C@@H](Cc3ccccc3C(F)(F)F)C(=O)Nc3nc(C(=O)O)cs3)C2=O)cc1. The van der Waals surface area contributed by atoms with Crippen LogP contribution < -0.4 is 10.6 Å². The number of nitrogens with zero attached hydrogens (tertiary/aromatic N) is 2. The monoisotopic (exact) mass is 564 g/mol. The summed E-state index contributed by atoms with van der Waals surface area (Å²) < 4.78 is 41.0. The Morgan fingerprint density at radius 1 is 1.18 bits per heavy atom. The van der Waals surface area contributed by atoms with Crippen molar-refractivity contribution in [1.29, 1.82) is 0 Å². The van der Waals surface area contributed by atoms with E-state index in [0.717, 1.165) is 33.7 Å². The first-order valence-corrected chi connectivity index (χ1v) is 13.0. The summed E-state index contributed by atoms with van der Waals surface area (Å²) in [6.07, 6.45) is -3.53. The van der Waals surface area contributed by atoms with Gasteiger partial charge in [0.1, 0.15) is 12.1 Å². The molecule has 0 radical (unpaired) electrons. The quantitative estimate of drug-likeness (QED) is 0.273. The third-order valence-corrected chi connectivity index (χ3v) is 7.23. The number of halogens is 3. The van der Waals surface area contributed by atoms with Gasteiger partial charge >= 0.3 is 18.2 Å². The molecule has 4 rings (SSSR count). The Balaban J connectivity index is 1.69. The molecule has 1 unspecified atom stereocenters. The van der Waals surface area contributed by atoms with Crippen LogP contribution in [0.1, 0.15) is 33.2 Å². The average Bonchev–Trinajstić information content (AvgIpc) is 3.46. The third kappa shape index (κ3) is 5.65. The van der Waals surface area contributed by atoms with Crippen molar-refractivity contribution in [2.24, 2.45) is 0 Å². The summed E-state index contributed by atoms with van der Waals surface area (Å²) in [5.74, 6) is -3.17. The van der Waals surface area contributed by atoms with Crippen molar-refractivity contribution >= 4 is 52.0 Å². The number of rotatable bonds is 8. The molecule has 1 aliphatic heterocycles. The van der Waals surface area contributed by atoms with Gasteiger partial charge in [0.05, 0.1) is 5.56 Å². The van der Waals surface area contributed by atoms with E-state index in [2.05, 4.69) is 15.6 Å². The molecule has 0 bridgehead atoms. The standard InChI is InChI=1S/C24H19F3N4O5S2/c1-37-14-8-6-12(7-9-14)18-20(33)31(23(36)29-18)17(10-13-4-2-3-5-15(13)24(25,26)27)19(32)30-22-28-16(11-38-22)21(34)35/h2-9,11,17-18H,10H2,1H3,(H,29,36)(H,34,35)(H,28,30,32)/t17-,18?/m0/s1. The second-order valence-corrected chi connectivity index (χ2v) is 9.81. The molecule has 4 amide bonds. The molecule has 1 fully saturated rings. The number of carboxylic acids is 1. The lowest BCUT2D eigenvalue weighted by molar-refractivity contribution is -0.138. The van der Waals surface area contributed by atoms with Crippen LogP contribution in [0.2, 0.25) is 0 Å². The number of aromatic carboxylic acids is 1. The number of anilines is 1. The summed E-state index contributed by atoms with van der Waals surface area (Å²) in [5, 5.41) is 14.9. The van der Waals surface area contributed by atoms with E-state index in [4.69, 9.17) is 5.11 Å². The first-order chi connectivity index (χ1) is 18.0. The van der Waals surface area contributed by atoms with Gasteiger partial charge in [-0.1, -0.05) is 30.3 Å². The Labute approximate surface area is 222 Å². The number of carbonyl (C=O) groups excluding carboxylic acids is 3. The fraction of sp³-hybridized carbons (Fsp3) is 0.208. The van der Waals surface area contributed by atoms with Crippen LogP contribution in [-0.2, 0) is 22.2 Å². The number of thioether (sulfide) groups is 1. The van der Waals surface area contributed by atoms with Crippen molar-refractivity contribution in [3.05, 3.63) is 76.3 Å². The van der Waals surface area contributed by atoms with E-state index in [-0.39, 0.29) is 16.4 Å². The van der Waals surface area contributed by atoms with Gasteiger partial charge in [0.2, 0.25) is 5.91 Å². The molecule has 2 aromatic carbocycles. The zero-order valence-corrected chi connectivity index (χ0v) is 21.1. The summed E-state index contributed by atoms with van der Waals surface area (Å²) in [4.78, 5) is 56.0. The Bertz CT molecular complexity index is 1390. The van der Waals surface area contributed by atoms with E-state index in [0.29, 0.717) is 10.5 Å². The third-order valence-electron chi connectivity index (χ3n) is 5.72. The first kappa shape index (κ1) is 27.1. The van der Waals surface area contributed by atoms with Gasteiger partial charge in [0.15, 0.2) is 10.8 Å². The number of aromatic nitrogens is 1. The van der Waals surface area contributed by atoms with Gasteiger partial charge in [0.25, 0.3) is 5.91 Å². The number of thiazole rings is 1. The fourth-order valence-corrected chi connectivity index (χ4v) is 5.01. The molecule has 3 aromatic rings. The number of amides is 4. The van der Waals surface area contributed by atoms with Crippen LogP contribution in [0.15, 0.2) is 58.8 Å². The van der Waals surface area contributed by atoms with Crippen LogP contribution in [0.3, 0.4) is 0 Å². The van der Waals surface area contributed by atoms with Crippen LogP contribution in [0, 0.1) is 0 Å². The van der Waals surface area contributed by atoms with E-state index in [1.54, 1.807) is 24.3 Å². The first-order valence-electron chi connectivity index (χ1n) is 10.9. The molecule has 198 valence electrons. The Morgan fingerprint density at radius 2 is 1.87 bits per heavy atom. The summed E-state index contributed by atoms with van der Waals surface area (Å²) in [6, 6.07) is 7.49. The molecule has 0 saturated carbocycles. The topological polar surface area (TPSA) is 129 Å². The number of carbonyl (C=O) groups is 4. The number of imide groups is 1. The smallest absolute Gasteiger partial charge is 0.416 e. The zero-order chi connectivity index (χ0) is 27.6. The van der Waals surface area contributed by atoms with E-state index in [1.165, 1.54) is 23.9 Å². The predicted molar refractivity (Wildman–Crippen MR) is 133 cm³/mol. The van der Waals surface area contributed by atoms with E-state index < -0.39 is 54.1 Å². The zero-order valence-electron chi connectivity index (χ0n) is 19.5. The lowest BCUT2D eigenvalue weighted by Gasteiger charge is -2.25. The van der Waals surface area contributed by atoms with Crippen LogP contribution in [0.5, 0.6) is 0 Å². The molecule has 1 aliphatic rings. The molecular weight excluding hydrogens is 545 g/mol. The largest absolute Gasteiger partial charge is 0.476 e. The summed E-state index contributed by atoms with van der Waals surface area (Å²) >= 11 is 2.24. The second-order valence-electron chi connectivity index (χ2n) is 8.07. The van der Waals surface area contributed by atoms with Gasteiger partial charge in [0, 0.05) is 16.7 Å². The summed E-state index contributed by atoms with van der Waals surface area (Å²) in [7, 11) is 0. The van der Waals surface area contributed by atoms with Crippen LogP contribution in [-0.4, -0.2) is 51.1 Å². The molecule has 3 N–H and O–H groups in total. The maximum atomic E-state index is 13.7. The molecule has 38 heavy (non-hydrogen) atoms. The van der Waals surface area contributed by atoms with Gasteiger partial charge in [-0.15, -0.1) is 23.1 Å². The minimum absolute atomic E-state index is 0.155. The van der Waals surface area contributed by atoms with E-state index >= 15 is 0 Å². The minimum Gasteiger partial charge on any atom is -0.476 e. The fourth-order valence-electron chi connectivity index (χ4n) is 3.91. The number of urea groups is 1. The highest BCUT2D eigenvalue weighted by molar-refractivity contribution is 7.98. The lowest BCUT2D eigenvalue weighted by atomic mass is 9.98. The van der Waals surface area contributed by atoms with Crippen molar-refractivity contribution in [2.45, 2.75) is 29.6 Å².